The van der Waals surface area contributed by atoms with Crippen LogP contribution in [-0.2, 0) is 6.61 Å². The van der Waals surface area contributed by atoms with Gasteiger partial charge in [-0.25, -0.2) is 4.98 Å². The number of thioether (sulfide) groups is 1. The van der Waals surface area contributed by atoms with Gasteiger partial charge >= 0.3 is 0 Å². The van der Waals surface area contributed by atoms with Crippen LogP contribution in [0.15, 0.2) is 12.3 Å². The number of aryl methyl sites for hydroxylation is 1. The van der Waals surface area contributed by atoms with Crippen molar-refractivity contribution in [3.8, 4) is 0 Å². The van der Waals surface area contributed by atoms with Crippen LogP contribution < -0.4 is 4.90 Å². The molecule has 0 spiro atoms. The third-order valence-corrected chi connectivity index (χ3v) is 4.12. The molecule has 1 fully saturated rings. The molecule has 0 aromatic carbocycles. The van der Waals surface area contributed by atoms with E-state index in [9.17, 15) is 0 Å². The SMILES string of the molecule is Cc1cc(CO)cnc1N1CCSCC1C. The second-order valence-corrected chi connectivity index (χ2v) is 5.41. The van der Waals surface area contributed by atoms with Crippen LogP contribution in [0.5, 0.6) is 0 Å². The average Bonchev–Trinajstić information content (AvgIpc) is 2.30. The lowest BCUT2D eigenvalue weighted by Gasteiger charge is -2.35. The van der Waals surface area contributed by atoms with Gasteiger partial charge in [-0.2, -0.15) is 11.8 Å². The van der Waals surface area contributed by atoms with Gasteiger partial charge in [0.15, 0.2) is 0 Å². The molecule has 1 saturated heterocycles. The van der Waals surface area contributed by atoms with Crippen molar-refractivity contribution >= 4 is 17.6 Å². The first kappa shape index (κ1) is 11.7. The third-order valence-electron chi connectivity index (χ3n) is 2.93. The predicted octanol–water partition coefficient (Wildman–Crippen LogP) is 1.82. The molecule has 1 aromatic rings. The monoisotopic (exact) mass is 238 g/mol. The summed E-state index contributed by atoms with van der Waals surface area (Å²) in [6, 6.07) is 2.57. The Morgan fingerprint density at radius 2 is 2.44 bits per heavy atom. The first-order valence-electron chi connectivity index (χ1n) is 5.63. The van der Waals surface area contributed by atoms with Crippen LogP contribution in [0.25, 0.3) is 0 Å². The number of hydrogen-bond acceptors (Lipinski definition) is 4. The van der Waals surface area contributed by atoms with E-state index in [-0.39, 0.29) is 6.61 Å². The summed E-state index contributed by atoms with van der Waals surface area (Å²) in [5, 5.41) is 9.06. The van der Waals surface area contributed by atoms with E-state index in [0.717, 1.165) is 23.5 Å². The number of rotatable bonds is 2. The molecule has 16 heavy (non-hydrogen) atoms. The minimum Gasteiger partial charge on any atom is -0.392 e. The number of pyridine rings is 1. The maximum absolute atomic E-state index is 9.06. The fourth-order valence-electron chi connectivity index (χ4n) is 2.05. The number of hydrogen-bond donors (Lipinski definition) is 1. The van der Waals surface area contributed by atoms with Crippen LogP contribution in [0, 0.1) is 6.92 Å². The lowest BCUT2D eigenvalue weighted by molar-refractivity contribution is 0.281. The van der Waals surface area contributed by atoms with Gasteiger partial charge in [-0.3, -0.25) is 0 Å². The lowest BCUT2D eigenvalue weighted by Crippen LogP contribution is -2.41. The molecule has 1 aliphatic rings. The highest BCUT2D eigenvalue weighted by molar-refractivity contribution is 7.99. The molecule has 1 unspecified atom stereocenters. The molecule has 3 nitrogen and oxygen atoms in total. The Bertz CT molecular complexity index is 370. The van der Waals surface area contributed by atoms with Gasteiger partial charge < -0.3 is 10.0 Å². The van der Waals surface area contributed by atoms with Crippen LogP contribution in [-0.4, -0.2) is 34.2 Å². The van der Waals surface area contributed by atoms with Crippen molar-refractivity contribution in [2.24, 2.45) is 0 Å². The summed E-state index contributed by atoms with van der Waals surface area (Å²) in [6.07, 6.45) is 1.77. The van der Waals surface area contributed by atoms with Gasteiger partial charge in [-0.15, -0.1) is 0 Å². The summed E-state index contributed by atoms with van der Waals surface area (Å²) in [7, 11) is 0. The zero-order valence-corrected chi connectivity index (χ0v) is 10.6. The van der Waals surface area contributed by atoms with E-state index in [0.29, 0.717) is 6.04 Å². The normalized spacial score (nSPS) is 21.2. The second kappa shape index (κ2) is 5.06. The van der Waals surface area contributed by atoms with Crippen LogP contribution in [0.1, 0.15) is 18.1 Å². The minimum absolute atomic E-state index is 0.0690. The Morgan fingerprint density at radius 1 is 1.62 bits per heavy atom. The molecule has 4 heteroatoms. The zero-order valence-electron chi connectivity index (χ0n) is 9.81. The Hall–Kier alpha value is -0.740. The van der Waals surface area contributed by atoms with E-state index in [1.165, 1.54) is 11.5 Å². The molecule has 0 aliphatic carbocycles. The topological polar surface area (TPSA) is 36.4 Å². The molecule has 0 radical (unpaired) electrons. The highest BCUT2D eigenvalue weighted by atomic mass is 32.2. The Balaban J connectivity index is 2.25. The summed E-state index contributed by atoms with van der Waals surface area (Å²) in [6.45, 7) is 5.45. The molecule has 1 atom stereocenters. The summed E-state index contributed by atoms with van der Waals surface area (Å²) in [4.78, 5) is 6.85. The first-order chi connectivity index (χ1) is 7.72. The average molecular weight is 238 g/mol. The van der Waals surface area contributed by atoms with Crippen molar-refractivity contribution in [3.63, 3.8) is 0 Å². The third kappa shape index (κ3) is 2.33. The van der Waals surface area contributed by atoms with Gasteiger partial charge in [0, 0.05) is 30.3 Å². The molecule has 0 amide bonds. The van der Waals surface area contributed by atoms with Gasteiger partial charge in [0.1, 0.15) is 5.82 Å². The van der Waals surface area contributed by atoms with Crippen molar-refractivity contribution < 1.29 is 5.11 Å². The predicted molar refractivity (Wildman–Crippen MR) is 69.0 cm³/mol. The molecule has 88 valence electrons. The molecule has 1 N–H and O–H groups in total. The van der Waals surface area contributed by atoms with Crippen molar-refractivity contribution in [1.29, 1.82) is 0 Å². The maximum atomic E-state index is 9.06. The summed E-state index contributed by atoms with van der Waals surface area (Å²) in [5.41, 5.74) is 2.05. The number of aromatic nitrogens is 1. The van der Waals surface area contributed by atoms with Gasteiger partial charge in [0.2, 0.25) is 0 Å². The molecule has 2 heterocycles. The molecule has 1 aromatic heterocycles. The van der Waals surface area contributed by atoms with E-state index in [2.05, 4.69) is 23.7 Å². The summed E-state index contributed by atoms with van der Waals surface area (Å²) >= 11 is 2.01. The van der Waals surface area contributed by atoms with E-state index < -0.39 is 0 Å². The summed E-state index contributed by atoms with van der Waals surface area (Å²) in [5.74, 6) is 3.42. The number of aliphatic hydroxyl groups excluding tert-OH is 1. The lowest BCUT2D eigenvalue weighted by atomic mass is 10.2. The van der Waals surface area contributed by atoms with Crippen molar-refractivity contribution in [2.75, 3.05) is 23.0 Å². The molecule has 0 bridgehead atoms. The second-order valence-electron chi connectivity index (χ2n) is 4.26. The van der Waals surface area contributed by atoms with Crippen LogP contribution in [0.2, 0.25) is 0 Å². The zero-order chi connectivity index (χ0) is 11.5. The highest BCUT2D eigenvalue weighted by Crippen LogP contribution is 2.25. The Kier molecular flexibility index (Phi) is 3.71. The standard InChI is InChI=1S/C12H18N2OS/c1-9-5-11(7-15)6-13-12(9)14-3-4-16-8-10(14)2/h5-6,10,15H,3-4,7-8H2,1-2H3. The maximum Gasteiger partial charge on any atom is 0.131 e. The highest BCUT2D eigenvalue weighted by Gasteiger charge is 2.21. The van der Waals surface area contributed by atoms with Crippen LogP contribution in [0.3, 0.4) is 0 Å². The molecule has 1 aliphatic heterocycles. The van der Waals surface area contributed by atoms with Gasteiger partial charge in [-0.1, -0.05) is 0 Å². The first-order valence-corrected chi connectivity index (χ1v) is 6.78. The van der Waals surface area contributed by atoms with Gasteiger partial charge in [-0.05, 0) is 31.0 Å². The van der Waals surface area contributed by atoms with Gasteiger partial charge in [0.25, 0.3) is 0 Å². The molecular weight excluding hydrogens is 220 g/mol. The number of nitrogens with zero attached hydrogens (tertiary/aromatic N) is 2. The van der Waals surface area contributed by atoms with Crippen molar-refractivity contribution in [2.45, 2.75) is 26.5 Å². The fourth-order valence-corrected chi connectivity index (χ4v) is 3.07. The molecule has 2 rings (SSSR count). The van der Waals surface area contributed by atoms with E-state index in [1.807, 2.05) is 17.8 Å². The quantitative estimate of drug-likeness (QED) is 0.852. The Morgan fingerprint density at radius 3 is 3.06 bits per heavy atom. The summed E-state index contributed by atoms with van der Waals surface area (Å²) < 4.78 is 0. The van der Waals surface area contributed by atoms with E-state index in [4.69, 9.17) is 5.11 Å². The smallest absolute Gasteiger partial charge is 0.131 e. The molecule has 0 saturated carbocycles. The van der Waals surface area contributed by atoms with Gasteiger partial charge in [0.05, 0.1) is 6.61 Å². The minimum atomic E-state index is 0.0690. The number of aliphatic hydroxyl groups is 1. The van der Waals surface area contributed by atoms with Crippen molar-refractivity contribution in [3.05, 3.63) is 23.4 Å². The number of anilines is 1. The van der Waals surface area contributed by atoms with E-state index >= 15 is 0 Å². The van der Waals surface area contributed by atoms with Crippen LogP contribution >= 0.6 is 11.8 Å². The largest absolute Gasteiger partial charge is 0.392 e. The van der Waals surface area contributed by atoms with E-state index in [1.54, 1.807) is 6.20 Å². The Labute approximate surface area is 101 Å². The van der Waals surface area contributed by atoms with Crippen molar-refractivity contribution in [1.82, 2.24) is 4.98 Å². The van der Waals surface area contributed by atoms with Crippen LogP contribution in [0.4, 0.5) is 5.82 Å². The fraction of sp³-hybridized carbons (Fsp3) is 0.583. The molecular formula is C12H18N2OS.